The molecule has 0 heterocycles. The number of hydrogen-bond acceptors (Lipinski definition) is 2. The maximum absolute atomic E-state index is 11.0. The van der Waals surface area contributed by atoms with Crippen molar-refractivity contribution in [1.29, 1.82) is 0 Å². The second-order valence-electron chi connectivity index (χ2n) is 4.36. The summed E-state index contributed by atoms with van der Waals surface area (Å²) in [6.45, 7) is 1.97. The molecule has 1 aromatic rings. The van der Waals surface area contributed by atoms with Gasteiger partial charge < -0.3 is 9.84 Å². The molecule has 2 unspecified atom stereocenters. The van der Waals surface area contributed by atoms with Gasteiger partial charge in [-0.3, -0.25) is 4.79 Å². The Balaban J connectivity index is 2.41. The summed E-state index contributed by atoms with van der Waals surface area (Å²) in [5, 5.41) is 9.03. The van der Waals surface area contributed by atoms with E-state index in [4.69, 9.17) is 9.84 Å². The first-order chi connectivity index (χ1) is 7.49. The third-order valence-corrected chi connectivity index (χ3v) is 3.81. The molecule has 0 aliphatic heterocycles. The number of hydrogen-bond donors (Lipinski definition) is 1. The maximum atomic E-state index is 11.0. The SMILES string of the molecule is COc1ccc(Br)cc1C1(C)CC1C(=O)O. The highest BCUT2D eigenvalue weighted by atomic mass is 79.9. The number of methoxy groups -OCH3 is 1. The lowest BCUT2D eigenvalue weighted by Gasteiger charge is -2.15. The average molecular weight is 285 g/mol. The van der Waals surface area contributed by atoms with Crippen LogP contribution in [0.2, 0.25) is 0 Å². The number of carbonyl (C=O) groups is 1. The Bertz CT molecular complexity index is 444. The first-order valence-corrected chi connectivity index (χ1v) is 5.85. The van der Waals surface area contributed by atoms with E-state index >= 15 is 0 Å². The molecule has 16 heavy (non-hydrogen) atoms. The lowest BCUT2D eigenvalue weighted by atomic mass is 9.94. The molecular formula is C12H13BrO3. The molecule has 1 aliphatic carbocycles. The Labute approximate surface area is 103 Å². The molecule has 1 saturated carbocycles. The highest BCUT2D eigenvalue weighted by Crippen LogP contribution is 2.56. The summed E-state index contributed by atoms with van der Waals surface area (Å²) in [6, 6.07) is 5.70. The number of carboxylic acids is 1. The van der Waals surface area contributed by atoms with E-state index < -0.39 is 5.97 Å². The second kappa shape index (κ2) is 3.77. The molecule has 1 aliphatic rings. The third-order valence-electron chi connectivity index (χ3n) is 3.31. The van der Waals surface area contributed by atoms with Gasteiger partial charge in [-0.2, -0.15) is 0 Å². The predicted molar refractivity (Wildman–Crippen MR) is 63.8 cm³/mol. The van der Waals surface area contributed by atoms with Crippen LogP contribution in [0.15, 0.2) is 22.7 Å². The van der Waals surface area contributed by atoms with Gasteiger partial charge in [-0.25, -0.2) is 0 Å². The van der Waals surface area contributed by atoms with Gasteiger partial charge in [-0.15, -0.1) is 0 Å². The van der Waals surface area contributed by atoms with Crippen molar-refractivity contribution in [2.75, 3.05) is 7.11 Å². The van der Waals surface area contributed by atoms with E-state index in [2.05, 4.69) is 15.9 Å². The highest BCUT2D eigenvalue weighted by molar-refractivity contribution is 9.10. The van der Waals surface area contributed by atoms with E-state index in [1.165, 1.54) is 0 Å². The summed E-state index contributed by atoms with van der Waals surface area (Å²) in [4.78, 5) is 11.0. The summed E-state index contributed by atoms with van der Waals surface area (Å²) in [5.41, 5.74) is 0.679. The lowest BCUT2D eigenvalue weighted by molar-refractivity contribution is -0.138. The van der Waals surface area contributed by atoms with Gasteiger partial charge in [-0.1, -0.05) is 22.9 Å². The van der Waals surface area contributed by atoms with Gasteiger partial charge in [0.2, 0.25) is 0 Å². The summed E-state index contributed by atoms with van der Waals surface area (Å²) in [5.74, 6) is -0.269. The highest BCUT2D eigenvalue weighted by Gasteiger charge is 2.57. The lowest BCUT2D eigenvalue weighted by Crippen LogP contribution is -2.12. The molecule has 0 saturated heterocycles. The number of rotatable bonds is 3. The molecule has 0 aromatic heterocycles. The topological polar surface area (TPSA) is 46.5 Å². The molecule has 0 amide bonds. The zero-order chi connectivity index (χ0) is 11.9. The normalized spacial score (nSPS) is 27.6. The van der Waals surface area contributed by atoms with E-state index in [-0.39, 0.29) is 11.3 Å². The van der Waals surface area contributed by atoms with Gasteiger partial charge in [0.25, 0.3) is 0 Å². The van der Waals surface area contributed by atoms with Crippen LogP contribution in [0.1, 0.15) is 18.9 Å². The van der Waals surface area contributed by atoms with Crippen molar-refractivity contribution in [1.82, 2.24) is 0 Å². The van der Waals surface area contributed by atoms with Crippen molar-refractivity contribution in [3.05, 3.63) is 28.2 Å². The smallest absolute Gasteiger partial charge is 0.307 e. The standard InChI is InChI=1S/C12H13BrO3/c1-12(6-9(12)11(14)15)8-5-7(13)3-4-10(8)16-2/h3-5,9H,6H2,1-2H3,(H,14,15). The van der Waals surface area contributed by atoms with Crippen LogP contribution in [0.3, 0.4) is 0 Å². The number of aliphatic carboxylic acids is 1. The van der Waals surface area contributed by atoms with Gasteiger partial charge in [0, 0.05) is 15.5 Å². The summed E-state index contributed by atoms with van der Waals surface area (Å²) >= 11 is 3.40. The van der Waals surface area contributed by atoms with Crippen LogP contribution in [0.5, 0.6) is 5.75 Å². The van der Waals surface area contributed by atoms with Crippen LogP contribution in [0.25, 0.3) is 0 Å². The molecule has 3 nitrogen and oxygen atoms in total. The van der Waals surface area contributed by atoms with E-state index in [1.54, 1.807) is 7.11 Å². The van der Waals surface area contributed by atoms with Gasteiger partial charge in [-0.05, 0) is 24.6 Å². The average Bonchev–Trinajstić information content (AvgIpc) is 2.92. The summed E-state index contributed by atoms with van der Waals surface area (Å²) in [6.07, 6.45) is 0.676. The molecule has 2 atom stereocenters. The van der Waals surface area contributed by atoms with Gasteiger partial charge >= 0.3 is 5.97 Å². The zero-order valence-electron chi connectivity index (χ0n) is 9.16. The van der Waals surface area contributed by atoms with Crippen LogP contribution < -0.4 is 4.74 Å². The first kappa shape index (κ1) is 11.5. The molecule has 0 radical (unpaired) electrons. The molecule has 1 aromatic carbocycles. The van der Waals surface area contributed by atoms with Crippen LogP contribution >= 0.6 is 15.9 Å². The van der Waals surface area contributed by atoms with Gasteiger partial charge in [0.05, 0.1) is 13.0 Å². The Hall–Kier alpha value is -1.03. The third kappa shape index (κ3) is 1.71. The predicted octanol–water partition coefficient (Wildman–Crippen LogP) is 2.82. The minimum absolute atomic E-state index is 0.291. The van der Waals surface area contributed by atoms with Crippen LogP contribution in [-0.2, 0) is 10.2 Å². The van der Waals surface area contributed by atoms with Crippen molar-refractivity contribution in [2.45, 2.75) is 18.8 Å². The Morgan fingerprint density at radius 3 is 2.81 bits per heavy atom. The fourth-order valence-corrected chi connectivity index (χ4v) is 2.51. The zero-order valence-corrected chi connectivity index (χ0v) is 10.7. The molecule has 0 spiro atoms. The van der Waals surface area contributed by atoms with Gasteiger partial charge in [0.1, 0.15) is 5.75 Å². The Morgan fingerprint density at radius 1 is 1.62 bits per heavy atom. The Kier molecular flexibility index (Phi) is 2.70. The molecule has 2 rings (SSSR count). The molecular weight excluding hydrogens is 272 g/mol. The molecule has 1 fully saturated rings. The Morgan fingerprint density at radius 2 is 2.31 bits per heavy atom. The van der Waals surface area contributed by atoms with Crippen LogP contribution in [-0.4, -0.2) is 18.2 Å². The fraction of sp³-hybridized carbons (Fsp3) is 0.417. The molecule has 0 bridgehead atoms. The van der Waals surface area contributed by atoms with E-state index in [9.17, 15) is 4.79 Å². The summed E-state index contributed by atoms with van der Waals surface area (Å²) < 4.78 is 6.23. The summed E-state index contributed by atoms with van der Waals surface area (Å²) in [7, 11) is 1.61. The van der Waals surface area contributed by atoms with Crippen molar-refractivity contribution in [2.24, 2.45) is 5.92 Å². The van der Waals surface area contributed by atoms with Crippen molar-refractivity contribution in [3.8, 4) is 5.75 Å². The number of benzene rings is 1. The molecule has 1 N–H and O–H groups in total. The monoisotopic (exact) mass is 284 g/mol. The van der Waals surface area contributed by atoms with E-state index in [0.29, 0.717) is 6.42 Å². The molecule has 4 heteroatoms. The maximum Gasteiger partial charge on any atom is 0.307 e. The first-order valence-electron chi connectivity index (χ1n) is 5.06. The van der Waals surface area contributed by atoms with Crippen molar-refractivity contribution in [3.63, 3.8) is 0 Å². The van der Waals surface area contributed by atoms with E-state index in [0.717, 1.165) is 15.8 Å². The van der Waals surface area contributed by atoms with Crippen LogP contribution in [0, 0.1) is 5.92 Å². The second-order valence-corrected chi connectivity index (χ2v) is 5.27. The fourth-order valence-electron chi connectivity index (χ4n) is 2.15. The van der Waals surface area contributed by atoms with Crippen molar-refractivity contribution >= 4 is 21.9 Å². The minimum atomic E-state index is -0.732. The van der Waals surface area contributed by atoms with Crippen molar-refractivity contribution < 1.29 is 14.6 Å². The van der Waals surface area contributed by atoms with Gasteiger partial charge in [0.15, 0.2) is 0 Å². The van der Waals surface area contributed by atoms with Crippen LogP contribution in [0.4, 0.5) is 0 Å². The number of halogens is 1. The van der Waals surface area contributed by atoms with E-state index in [1.807, 2.05) is 25.1 Å². The molecule has 86 valence electrons. The number of carboxylic acid groups (broad SMARTS) is 1. The largest absolute Gasteiger partial charge is 0.496 e. The minimum Gasteiger partial charge on any atom is -0.496 e. The quantitative estimate of drug-likeness (QED) is 0.929. The number of ether oxygens (including phenoxy) is 1.